The lowest BCUT2D eigenvalue weighted by Gasteiger charge is -2.45. The number of hydrogen-bond donors (Lipinski definition) is 3. The number of rotatable bonds is 5. The van der Waals surface area contributed by atoms with Crippen molar-refractivity contribution in [2.24, 2.45) is 22.7 Å². The molecule has 5 amide bonds. The highest BCUT2D eigenvalue weighted by Gasteiger charge is 2.78. The minimum atomic E-state index is -2.66. The third-order valence-corrected chi connectivity index (χ3v) is 13.3. The van der Waals surface area contributed by atoms with Crippen molar-refractivity contribution < 1.29 is 32.8 Å². The highest BCUT2D eigenvalue weighted by Crippen LogP contribution is 2.70. The van der Waals surface area contributed by atoms with E-state index in [0.717, 1.165) is 76.5 Å². The van der Waals surface area contributed by atoms with Gasteiger partial charge >= 0.3 is 0 Å². The molecule has 2 aromatic heterocycles. The number of amides is 5. The Labute approximate surface area is 302 Å². The van der Waals surface area contributed by atoms with Crippen molar-refractivity contribution in [3.05, 3.63) is 64.8 Å². The maximum Gasteiger partial charge on any atom is 0.262 e. The van der Waals surface area contributed by atoms with E-state index in [-0.39, 0.29) is 47.6 Å². The monoisotopic (exact) mass is 721 g/mol. The summed E-state index contributed by atoms with van der Waals surface area (Å²) < 4.78 is 29.0. The lowest BCUT2D eigenvalue weighted by molar-refractivity contribution is -0.136. The molecule has 4 fully saturated rings. The van der Waals surface area contributed by atoms with Crippen molar-refractivity contribution in [3.8, 4) is 11.4 Å². The molecule has 3 aliphatic heterocycles. The topological polar surface area (TPSA) is 152 Å². The van der Waals surface area contributed by atoms with E-state index in [4.69, 9.17) is 0 Å². The highest BCUT2D eigenvalue weighted by molar-refractivity contribution is 6.23. The lowest BCUT2D eigenvalue weighted by atomic mass is 9.61. The van der Waals surface area contributed by atoms with E-state index >= 15 is 0 Å². The molecule has 10 rings (SSSR count). The van der Waals surface area contributed by atoms with Crippen LogP contribution in [0.15, 0.2) is 42.5 Å². The fourth-order valence-corrected chi connectivity index (χ4v) is 9.99. The van der Waals surface area contributed by atoms with Crippen molar-refractivity contribution in [2.45, 2.75) is 63.8 Å². The zero-order chi connectivity index (χ0) is 36.8. The molecule has 0 radical (unpaired) electrons. The number of anilines is 2. The number of H-pyrrole nitrogens is 2. The van der Waals surface area contributed by atoms with Gasteiger partial charge in [-0.2, -0.15) is 5.10 Å². The van der Waals surface area contributed by atoms with Crippen LogP contribution in [0, 0.1) is 22.7 Å². The van der Waals surface area contributed by atoms with Crippen molar-refractivity contribution in [1.29, 1.82) is 0 Å². The maximum absolute atomic E-state index is 14.5. The number of carbonyl (C=O) groups is 5. The van der Waals surface area contributed by atoms with Gasteiger partial charge in [0.1, 0.15) is 11.7 Å². The summed E-state index contributed by atoms with van der Waals surface area (Å²) >= 11 is 0. The van der Waals surface area contributed by atoms with Crippen LogP contribution in [-0.2, 0) is 27.2 Å². The van der Waals surface area contributed by atoms with E-state index in [1.807, 2.05) is 30.3 Å². The van der Waals surface area contributed by atoms with E-state index < -0.39 is 46.9 Å². The first-order valence-electron chi connectivity index (χ1n) is 18.2. The largest absolute Gasteiger partial charge is 0.371 e. The SMILES string of the molecule is CN(C(=O)C1CC2(CCN(c3ccc4c(c3)C(=O)N([C@@H]3CCC(=O)NC3=O)C4=O)C2)C1)c1ccc2cc(-c3n[nH]c4c3C[C@@H]3C(F)(F)[C@]3(C)C4)[nH]c2c1. The van der Waals surface area contributed by atoms with Gasteiger partial charge in [-0.05, 0) is 73.9 Å². The Morgan fingerprint density at radius 2 is 1.81 bits per heavy atom. The van der Waals surface area contributed by atoms with Crippen molar-refractivity contribution in [1.82, 2.24) is 25.4 Å². The van der Waals surface area contributed by atoms with Crippen LogP contribution in [0.25, 0.3) is 22.3 Å². The van der Waals surface area contributed by atoms with Crippen molar-refractivity contribution >= 4 is 51.8 Å². The zero-order valence-corrected chi connectivity index (χ0v) is 29.2. The molecule has 3 atom stereocenters. The van der Waals surface area contributed by atoms with Gasteiger partial charge in [-0.3, -0.25) is 39.3 Å². The second-order valence-electron chi connectivity index (χ2n) is 16.3. The molecule has 3 N–H and O–H groups in total. The summed E-state index contributed by atoms with van der Waals surface area (Å²) in [5.41, 5.74) is 4.95. The van der Waals surface area contributed by atoms with Crippen molar-refractivity contribution in [3.63, 3.8) is 0 Å². The van der Waals surface area contributed by atoms with E-state index in [1.54, 1.807) is 31.0 Å². The Morgan fingerprint density at radius 1 is 1.02 bits per heavy atom. The minimum Gasteiger partial charge on any atom is -0.371 e. The van der Waals surface area contributed by atoms with Gasteiger partial charge < -0.3 is 14.8 Å². The standard InChI is InChI=1S/C39H37F2N7O5/c1-37-17-28-25(14-30(37)39(37,40)41)32(45-44-28)27-11-19-3-4-21(13-26(19)42-27)46(2)34(51)20-15-38(16-20)9-10-47(18-38)22-5-6-23-24(12-22)36(53)48(35(23)52)29-7-8-31(49)43-33(29)50/h3-6,11-13,20,29-30,42H,7-10,14-18H2,1-2H3,(H,44,45)(H,43,49,50)/t20?,29-,30+,37-,38?/m1/s1. The summed E-state index contributed by atoms with van der Waals surface area (Å²) in [5, 5.41) is 10.7. The van der Waals surface area contributed by atoms with E-state index in [1.165, 1.54) is 0 Å². The summed E-state index contributed by atoms with van der Waals surface area (Å²) in [7, 11) is 1.79. The first-order valence-corrected chi connectivity index (χ1v) is 18.2. The smallest absolute Gasteiger partial charge is 0.262 e. The number of benzene rings is 2. The molecule has 272 valence electrons. The highest BCUT2D eigenvalue weighted by atomic mass is 19.3. The van der Waals surface area contributed by atoms with E-state index in [9.17, 15) is 32.8 Å². The van der Waals surface area contributed by atoms with Crippen LogP contribution < -0.4 is 15.1 Å². The average molecular weight is 722 g/mol. The molecule has 4 aromatic rings. The Morgan fingerprint density at radius 3 is 2.60 bits per heavy atom. The third kappa shape index (κ3) is 4.50. The van der Waals surface area contributed by atoms with E-state index in [0.29, 0.717) is 12.1 Å². The van der Waals surface area contributed by atoms with Gasteiger partial charge in [-0.25, -0.2) is 8.78 Å². The quantitative estimate of drug-likeness (QED) is 0.255. The number of nitrogens with zero attached hydrogens (tertiary/aromatic N) is 4. The predicted molar refractivity (Wildman–Crippen MR) is 188 cm³/mol. The second-order valence-corrected chi connectivity index (χ2v) is 16.3. The van der Waals surface area contributed by atoms with Crippen LogP contribution in [0.5, 0.6) is 0 Å². The van der Waals surface area contributed by atoms with Gasteiger partial charge in [-0.15, -0.1) is 0 Å². The Hall–Kier alpha value is -5.40. The number of alkyl halides is 2. The van der Waals surface area contributed by atoms with Crippen LogP contribution >= 0.6 is 0 Å². The number of fused-ring (bicyclic) bond motifs is 4. The number of aromatic amines is 2. The fraction of sp³-hybridized carbons (Fsp3) is 0.436. The van der Waals surface area contributed by atoms with Gasteiger partial charge in [0, 0.05) is 83.8 Å². The van der Waals surface area contributed by atoms with Crippen LogP contribution in [-0.4, -0.2) is 81.7 Å². The van der Waals surface area contributed by atoms with Crippen LogP contribution in [0.3, 0.4) is 0 Å². The molecule has 2 aromatic carbocycles. The first kappa shape index (κ1) is 32.3. The number of carbonyl (C=O) groups excluding carboxylic acids is 5. The van der Waals surface area contributed by atoms with Gasteiger partial charge in [-0.1, -0.05) is 13.0 Å². The summed E-state index contributed by atoms with van der Waals surface area (Å²) in [4.78, 5) is 72.6. The van der Waals surface area contributed by atoms with Gasteiger partial charge in [0.2, 0.25) is 17.7 Å². The Kier molecular flexibility index (Phi) is 6.45. The van der Waals surface area contributed by atoms with Gasteiger partial charge in [0.05, 0.1) is 16.8 Å². The first-order chi connectivity index (χ1) is 25.3. The number of halogens is 2. The number of hydrogen-bond acceptors (Lipinski definition) is 7. The molecule has 0 bridgehead atoms. The van der Waals surface area contributed by atoms with Crippen LogP contribution in [0.1, 0.15) is 71.0 Å². The third-order valence-electron chi connectivity index (χ3n) is 13.3. The van der Waals surface area contributed by atoms with Crippen LogP contribution in [0.2, 0.25) is 0 Å². The average Bonchev–Trinajstić information content (AvgIpc) is 3.77. The van der Waals surface area contributed by atoms with Gasteiger partial charge in [0.25, 0.3) is 17.7 Å². The second kappa shape index (κ2) is 10.6. The number of aromatic nitrogens is 3. The summed E-state index contributed by atoms with van der Waals surface area (Å²) in [5.74, 6) is -5.51. The van der Waals surface area contributed by atoms with Crippen molar-refractivity contribution in [2.75, 3.05) is 29.9 Å². The van der Waals surface area contributed by atoms with E-state index in [2.05, 4.69) is 25.4 Å². The van der Waals surface area contributed by atoms with Gasteiger partial charge in [0.15, 0.2) is 0 Å². The Balaban J connectivity index is 0.796. The number of piperidine rings is 1. The number of imide groups is 2. The molecular weight excluding hydrogens is 684 g/mol. The molecule has 2 saturated carbocycles. The molecule has 14 heteroatoms. The number of nitrogens with one attached hydrogen (secondary N) is 3. The lowest BCUT2D eigenvalue weighted by Crippen LogP contribution is -2.54. The zero-order valence-electron chi connectivity index (χ0n) is 29.2. The molecule has 1 spiro atoms. The minimum absolute atomic E-state index is 0.0261. The molecule has 5 heterocycles. The summed E-state index contributed by atoms with van der Waals surface area (Å²) in [6.07, 6.45) is 3.15. The summed E-state index contributed by atoms with van der Waals surface area (Å²) in [6.45, 7) is 3.13. The normalized spacial score (nSPS) is 27.8. The predicted octanol–water partition coefficient (Wildman–Crippen LogP) is 4.60. The maximum atomic E-state index is 14.5. The van der Waals surface area contributed by atoms with Crippen LogP contribution in [0.4, 0.5) is 20.2 Å². The molecule has 53 heavy (non-hydrogen) atoms. The molecule has 6 aliphatic rings. The molecular formula is C39H37F2N7O5. The fourth-order valence-electron chi connectivity index (χ4n) is 9.99. The molecule has 3 aliphatic carbocycles. The molecule has 12 nitrogen and oxygen atoms in total. The molecule has 0 unspecified atom stereocenters. The Bertz CT molecular complexity index is 2340. The summed E-state index contributed by atoms with van der Waals surface area (Å²) in [6, 6.07) is 12.0. The molecule has 2 saturated heterocycles.